The smallest absolute Gasteiger partial charge is 0.306 e. The summed E-state index contributed by atoms with van der Waals surface area (Å²) in [5, 5.41) is 9.72. The second-order valence-electron chi connectivity index (χ2n) is 26.1. The molecule has 85 heavy (non-hydrogen) atoms. The lowest BCUT2D eigenvalue weighted by Crippen LogP contribution is -2.28. The Morgan fingerprint density at radius 2 is 0.506 bits per heavy atom. The maximum atomic E-state index is 12.4. The number of aliphatic hydroxyl groups is 1. The largest absolute Gasteiger partial charge is 0.462 e. The Kier molecular flexibility index (Phi) is 73.7. The number of ether oxygens (including phenoxy) is 2. The molecule has 0 aliphatic rings. The molecule has 0 aromatic rings. The van der Waals surface area contributed by atoms with Gasteiger partial charge in [-0.05, 0) is 57.8 Å². The van der Waals surface area contributed by atoms with Crippen LogP contribution in [0.2, 0.25) is 0 Å². The lowest BCUT2D eigenvalue weighted by molar-refractivity contribution is -0.161. The van der Waals surface area contributed by atoms with Crippen molar-refractivity contribution in [2.75, 3.05) is 13.2 Å². The molecule has 0 radical (unpaired) electrons. The van der Waals surface area contributed by atoms with Crippen molar-refractivity contribution in [2.45, 2.75) is 424 Å². The Bertz CT molecular complexity index is 1440. The molecule has 0 spiro atoms. The molecular weight excluding hydrogens is 1040 g/mol. The molecule has 5 nitrogen and oxygen atoms in total. The van der Waals surface area contributed by atoms with E-state index >= 15 is 0 Å². The molecular formula is C80H148O5. The summed E-state index contributed by atoms with van der Waals surface area (Å²) in [6, 6.07) is 0. The van der Waals surface area contributed by atoms with E-state index in [1.807, 2.05) is 0 Å². The first-order valence-corrected chi connectivity index (χ1v) is 38.3. The van der Waals surface area contributed by atoms with Gasteiger partial charge >= 0.3 is 11.9 Å². The van der Waals surface area contributed by atoms with Crippen LogP contribution in [0, 0.1) is 0 Å². The van der Waals surface area contributed by atoms with E-state index in [-0.39, 0.29) is 25.2 Å². The molecule has 0 aromatic heterocycles. The second-order valence-corrected chi connectivity index (χ2v) is 26.1. The number of carbonyl (C=O) groups is 2. The fourth-order valence-corrected chi connectivity index (χ4v) is 11.9. The van der Waals surface area contributed by atoms with Gasteiger partial charge in [0, 0.05) is 12.8 Å². The van der Waals surface area contributed by atoms with Gasteiger partial charge in [-0.25, -0.2) is 0 Å². The molecule has 498 valence electrons. The van der Waals surface area contributed by atoms with E-state index < -0.39 is 6.10 Å². The summed E-state index contributed by atoms with van der Waals surface area (Å²) in [6.07, 6.45) is 104. The van der Waals surface area contributed by atoms with Gasteiger partial charge in [0.1, 0.15) is 6.61 Å². The molecule has 1 N–H and O–H groups in total. The molecule has 0 rings (SSSR count). The number of esters is 2. The summed E-state index contributed by atoms with van der Waals surface area (Å²) < 4.78 is 10.8. The maximum Gasteiger partial charge on any atom is 0.306 e. The summed E-state index contributed by atoms with van der Waals surface area (Å²) in [6.45, 7) is 4.09. The number of hydrogen-bond acceptors (Lipinski definition) is 5. The Morgan fingerprint density at radius 1 is 0.282 bits per heavy atom. The molecule has 0 heterocycles. The highest BCUT2D eigenvalue weighted by Gasteiger charge is 2.16. The molecule has 0 aliphatic carbocycles. The Hall–Kier alpha value is -2.40. The molecule has 0 aliphatic heterocycles. The van der Waals surface area contributed by atoms with Gasteiger partial charge in [-0.2, -0.15) is 0 Å². The van der Waals surface area contributed by atoms with E-state index in [9.17, 15) is 14.7 Å². The molecule has 5 heteroatoms. The van der Waals surface area contributed by atoms with E-state index in [1.165, 1.54) is 327 Å². The predicted octanol–water partition coefficient (Wildman–Crippen LogP) is 26.8. The third-order valence-corrected chi connectivity index (χ3v) is 17.6. The number of rotatable bonds is 72. The topological polar surface area (TPSA) is 72.8 Å². The molecule has 1 unspecified atom stereocenters. The average Bonchev–Trinajstić information content (AvgIpc) is 3.51. The summed E-state index contributed by atoms with van der Waals surface area (Å²) in [7, 11) is 0. The van der Waals surface area contributed by atoms with Crippen molar-refractivity contribution >= 4 is 11.9 Å². The highest BCUT2D eigenvalue weighted by atomic mass is 16.6. The summed E-state index contributed by atoms with van der Waals surface area (Å²) in [5.41, 5.74) is 0. The number of unbranched alkanes of at least 4 members (excludes halogenated alkanes) is 54. The van der Waals surface area contributed by atoms with Crippen molar-refractivity contribution < 1.29 is 24.2 Å². The van der Waals surface area contributed by atoms with E-state index in [4.69, 9.17) is 9.47 Å². The lowest BCUT2D eigenvalue weighted by atomic mass is 10.0. The molecule has 0 saturated carbocycles. The molecule has 0 fully saturated rings. The molecule has 0 aromatic carbocycles. The van der Waals surface area contributed by atoms with Crippen LogP contribution in [0.25, 0.3) is 0 Å². The van der Waals surface area contributed by atoms with Crippen LogP contribution >= 0.6 is 0 Å². The third kappa shape index (κ3) is 74.0. The van der Waals surface area contributed by atoms with Crippen LogP contribution in [0.1, 0.15) is 418 Å². The SMILES string of the molecule is CC/C=C\C/C=C\C/C=C\C/C=C\C/C=C\CCCCCCCCCCCCCCCCCC(=O)OC(CO)COC(=O)CCCCCCCCCCCCCCCCCCCCCCCCCCCCCCCCCCCCCCCCCC. The van der Waals surface area contributed by atoms with Gasteiger partial charge in [0.05, 0.1) is 6.61 Å². The summed E-state index contributed by atoms with van der Waals surface area (Å²) >= 11 is 0. The maximum absolute atomic E-state index is 12.4. The van der Waals surface area contributed by atoms with Gasteiger partial charge in [0.25, 0.3) is 0 Å². The van der Waals surface area contributed by atoms with Gasteiger partial charge in [-0.15, -0.1) is 0 Å². The standard InChI is InChI=1S/C80H148O5/c1-3-5-7-9-11-13-15-17-19-21-23-25-27-29-31-33-35-36-37-38-39-40-41-42-43-45-46-48-50-52-54-56-58-60-62-64-66-68-70-72-74-79(82)84-77-78(76-81)85-80(83)75-73-71-69-67-65-63-61-59-57-55-53-51-49-47-44-34-32-30-28-26-24-22-20-18-16-14-12-10-8-6-4-2/h6,8,12,14,18,20,24,26,30,32,78,81H,3-5,7,9-11,13,15-17,19,21-23,25,27-29,31,33-77H2,1-2H3/b8-6-,14-12-,20-18-,26-24-,32-30-. The average molecular weight is 1190 g/mol. The van der Waals surface area contributed by atoms with Crippen LogP contribution in [-0.4, -0.2) is 36.4 Å². The molecule has 1 atom stereocenters. The van der Waals surface area contributed by atoms with E-state index in [2.05, 4.69) is 74.6 Å². The van der Waals surface area contributed by atoms with Gasteiger partial charge in [0.15, 0.2) is 6.10 Å². The summed E-state index contributed by atoms with van der Waals surface area (Å²) in [5.74, 6) is -0.570. The first-order chi connectivity index (χ1) is 42.1. The van der Waals surface area contributed by atoms with E-state index in [0.717, 1.165) is 64.2 Å². The van der Waals surface area contributed by atoms with Gasteiger partial charge in [0.2, 0.25) is 0 Å². The van der Waals surface area contributed by atoms with Gasteiger partial charge in [-0.1, -0.05) is 408 Å². The fourth-order valence-electron chi connectivity index (χ4n) is 11.9. The normalized spacial score (nSPS) is 12.5. The first-order valence-electron chi connectivity index (χ1n) is 38.3. The minimum atomic E-state index is -0.773. The zero-order valence-corrected chi connectivity index (χ0v) is 57.4. The van der Waals surface area contributed by atoms with Crippen LogP contribution in [0.5, 0.6) is 0 Å². The fraction of sp³-hybridized carbons (Fsp3) is 0.850. The third-order valence-electron chi connectivity index (χ3n) is 17.6. The monoisotopic (exact) mass is 1190 g/mol. The van der Waals surface area contributed by atoms with E-state index in [1.54, 1.807) is 0 Å². The van der Waals surface area contributed by atoms with Crippen LogP contribution in [-0.2, 0) is 19.1 Å². The number of carbonyl (C=O) groups excluding carboxylic acids is 2. The lowest BCUT2D eigenvalue weighted by Gasteiger charge is -2.15. The van der Waals surface area contributed by atoms with Crippen molar-refractivity contribution in [2.24, 2.45) is 0 Å². The molecule has 0 amide bonds. The molecule has 0 saturated heterocycles. The highest BCUT2D eigenvalue weighted by Crippen LogP contribution is 2.20. The van der Waals surface area contributed by atoms with Crippen molar-refractivity contribution in [3.63, 3.8) is 0 Å². The zero-order valence-electron chi connectivity index (χ0n) is 57.4. The zero-order chi connectivity index (χ0) is 61.2. The van der Waals surface area contributed by atoms with Gasteiger partial charge < -0.3 is 14.6 Å². The number of aliphatic hydroxyl groups excluding tert-OH is 1. The van der Waals surface area contributed by atoms with Crippen molar-refractivity contribution in [3.05, 3.63) is 60.8 Å². The highest BCUT2D eigenvalue weighted by molar-refractivity contribution is 5.70. The number of allylic oxidation sites excluding steroid dienone is 10. The second kappa shape index (κ2) is 75.8. The minimum Gasteiger partial charge on any atom is -0.462 e. The molecule has 0 bridgehead atoms. The van der Waals surface area contributed by atoms with Crippen LogP contribution in [0.3, 0.4) is 0 Å². The van der Waals surface area contributed by atoms with Crippen LogP contribution in [0.15, 0.2) is 60.8 Å². The predicted molar refractivity (Wildman–Crippen MR) is 376 cm³/mol. The minimum absolute atomic E-state index is 0.0617. The Balaban J connectivity index is 3.37. The number of hydrogen-bond donors (Lipinski definition) is 1. The summed E-state index contributed by atoms with van der Waals surface area (Å²) in [4.78, 5) is 24.7. The van der Waals surface area contributed by atoms with Crippen LogP contribution < -0.4 is 0 Å². The first kappa shape index (κ1) is 82.6. The van der Waals surface area contributed by atoms with Crippen molar-refractivity contribution in [1.82, 2.24) is 0 Å². The van der Waals surface area contributed by atoms with Crippen LogP contribution in [0.4, 0.5) is 0 Å². The van der Waals surface area contributed by atoms with Crippen molar-refractivity contribution in [3.8, 4) is 0 Å². The van der Waals surface area contributed by atoms with Gasteiger partial charge in [-0.3, -0.25) is 9.59 Å². The Labute approximate surface area is 531 Å². The Morgan fingerprint density at radius 3 is 0.765 bits per heavy atom. The van der Waals surface area contributed by atoms with E-state index in [0.29, 0.717) is 12.8 Å². The quantitative estimate of drug-likeness (QED) is 0.0373. The van der Waals surface area contributed by atoms with Crippen molar-refractivity contribution in [1.29, 1.82) is 0 Å².